The summed E-state index contributed by atoms with van der Waals surface area (Å²) >= 11 is 7.38. The normalized spacial score (nSPS) is 18.1. The highest BCUT2D eigenvalue weighted by Gasteiger charge is 2.25. The van der Waals surface area contributed by atoms with Crippen molar-refractivity contribution in [1.82, 2.24) is 4.98 Å². The van der Waals surface area contributed by atoms with Gasteiger partial charge in [-0.2, -0.15) is 0 Å². The maximum absolute atomic E-state index is 13.8. The molecule has 2 aromatic carbocycles. The zero-order valence-corrected chi connectivity index (χ0v) is 18.6. The summed E-state index contributed by atoms with van der Waals surface area (Å²) in [7, 11) is 0. The van der Waals surface area contributed by atoms with Gasteiger partial charge >= 0.3 is 6.03 Å². The van der Waals surface area contributed by atoms with E-state index in [2.05, 4.69) is 15.6 Å². The maximum atomic E-state index is 13.8. The van der Waals surface area contributed by atoms with Crippen molar-refractivity contribution in [3.05, 3.63) is 64.5 Å². The van der Waals surface area contributed by atoms with Crippen molar-refractivity contribution in [3.8, 4) is 10.4 Å². The highest BCUT2D eigenvalue weighted by molar-refractivity contribution is 7.15. The molecule has 6 nitrogen and oxygen atoms in total. The minimum Gasteiger partial charge on any atom is -0.465 e. The number of aromatic nitrogens is 1. The molecule has 9 heteroatoms. The van der Waals surface area contributed by atoms with Crippen molar-refractivity contribution in [1.29, 1.82) is 0 Å². The molecule has 166 valence electrons. The summed E-state index contributed by atoms with van der Waals surface area (Å²) in [6.45, 7) is 0.532. The average Bonchev–Trinajstić information content (AvgIpc) is 3.27. The summed E-state index contributed by atoms with van der Waals surface area (Å²) in [5, 5.41) is 6.50. The molecular weight excluding hydrogens is 453 g/mol. The number of thiazole rings is 1. The summed E-state index contributed by atoms with van der Waals surface area (Å²) in [4.78, 5) is 28.3. The number of rotatable bonds is 6. The fourth-order valence-corrected chi connectivity index (χ4v) is 4.98. The lowest BCUT2D eigenvalue weighted by Crippen LogP contribution is -2.20. The topological polar surface area (TPSA) is 80.3 Å². The van der Waals surface area contributed by atoms with Crippen molar-refractivity contribution in [2.75, 3.05) is 10.6 Å². The minimum atomic E-state index is -0.603. The molecule has 0 aliphatic heterocycles. The molecule has 1 aromatic heterocycles. The van der Waals surface area contributed by atoms with Gasteiger partial charge in [-0.25, -0.2) is 14.2 Å². The molecule has 1 saturated carbocycles. The number of nitrogens with zero attached hydrogens (tertiary/aromatic N) is 1. The number of urea groups is 1. The van der Waals surface area contributed by atoms with Crippen LogP contribution in [0.15, 0.2) is 48.7 Å². The lowest BCUT2D eigenvalue weighted by molar-refractivity contribution is -0.135. The Morgan fingerprint density at radius 2 is 1.88 bits per heavy atom. The van der Waals surface area contributed by atoms with E-state index in [9.17, 15) is 14.0 Å². The van der Waals surface area contributed by atoms with Crippen LogP contribution in [-0.4, -0.2) is 23.6 Å². The number of hydrogen-bond donors (Lipinski definition) is 2. The zero-order valence-electron chi connectivity index (χ0n) is 17.0. The number of hydrogen-bond acceptors (Lipinski definition) is 5. The second-order valence-corrected chi connectivity index (χ2v) is 9.05. The molecule has 0 atom stereocenters. The second kappa shape index (κ2) is 10.1. The van der Waals surface area contributed by atoms with Crippen LogP contribution in [0.25, 0.3) is 10.4 Å². The number of nitrogens with one attached hydrogen (secondary N) is 2. The van der Waals surface area contributed by atoms with E-state index in [0.29, 0.717) is 18.1 Å². The molecule has 0 saturated heterocycles. The van der Waals surface area contributed by atoms with Crippen LogP contribution >= 0.6 is 22.9 Å². The first-order chi connectivity index (χ1) is 15.5. The van der Waals surface area contributed by atoms with E-state index in [4.69, 9.17) is 16.3 Å². The van der Waals surface area contributed by atoms with Gasteiger partial charge in [-0.15, -0.1) is 11.3 Å². The van der Waals surface area contributed by atoms with Gasteiger partial charge in [-0.05, 0) is 61.6 Å². The zero-order chi connectivity index (χ0) is 22.5. The first-order valence-electron chi connectivity index (χ1n) is 10.2. The van der Waals surface area contributed by atoms with Gasteiger partial charge in [0.05, 0.1) is 15.6 Å². The first kappa shape index (κ1) is 22.2. The molecule has 2 amide bonds. The smallest absolute Gasteiger partial charge is 0.323 e. The van der Waals surface area contributed by atoms with E-state index in [1.807, 2.05) is 18.3 Å². The SMILES string of the molecule is O=COC1CCC(c2ncc(-c3ccc(NC(=O)Nc4ccc(Cl)cc4F)cc3)s2)CC1. The first-order valence-corrected chi connectivity index (χ1v) is 11.4. The molecule has 3 aromatic rings. The van der Waals surface area contributed by atoms with Crippen molar-refractivity contribution < 1.29 is 18.7 Å². The van der Waals surface area contributed by atoms with Gasteiger partial charge in [0.2, 0.25) is 0 Å². The van der Waals surface area contributed by atoms with Crippen molar-refractivity contribution in [3.63, 3.8) is 0 Å². The number of anilines is 2. The number of ether oxygens (including phenoxy) is 1. The van der Waals surface area contributed by atoms with Crippen LogP contribution in [0.5, 0.6) is 0 Å². The van der Waals surface area contributed by atoms with E-state index in [1.165, 1.54) is 12.1 Å². The highest BCUT2D eigenvalue weighted by atomic mass is 35.5. The Balaban J connectivity index is 1.35. The molecule has 0 spiro atoms. The van der Waals surface area contributed by atoms with E-state index in [-0.39, 0.29) is 16.8 Å². The predicted molar refractivity (Wildman–Crippen MR) is 124 cm³/mol. The Kier molecular flexibility index (Phi) is 7.02. The Morgan fingerprint density at radius 3 is 2.56 bits per heavy atom. The predicted octanol–water partition coefficient (Wildman–Crippen LogP) is 6.45. The van der Waals surface area contributed by atoms with Crippen LogP contribution in [0.1, 0.15) is 36.6 Å². The van der Waals surface area contributed by atoms with Crippen LogP contribution in [0.4, 0.5) is 20.6 Å². The van der Waals surface area contributed by atoms with Gasteiger partial charge in [-0.1, -0.05) is 23.7 Å². The van der Waals surface area contributed by atoms with E-state index >= 15 is 0 Å². The van der Waals surface area contributed by atoms with Gasteiger partial charge in [-0.3, -0.25) is 4.79 Å². The van der Waals surface area contributed by atoms with Gasteiger partial charge in [0.25, 0.3) is 6.47 Å². The van der Waals surface area contributed by atoms with Crippen molar-refractivity contribution in [2.45, 2.75) is 37.7 Å². The number of halogens is 2. The average molecular weight is 474 g/mol. The summed E-state index contributed by atoms with van der Waals surface area (Å²) in [5.41, 5.74) is 1.63. The third-order valence-corrected chi connectivity index (χ3v) is 6.85. The van der Waals surface area contributed by atoms with E-state index in [1.54, 1.807) is 23.5 Å². The van der Waals surface area contributed by atoms with Crippen LogP contribution in [0.2, 0.25) is 5.02 Å². The molecule has 0 bridgehead atoms. The van der Waals surface area contributed by atoms with E-state index < -0.39 is 11.8 Å². The molecular formula is C23H21ClFN3O3S. The minimum absolute atomic E-state index is 0.0246. The molecule has 0 radical (unpaired) electrons. The lowest BCUT2D eigenvalue weighted by atomic mass is 9.88. The van der Waals surface area contributed by atoms with Crippen LogP contribution < -0.4 is 10.6 Å². The molecule has 1 heterocycles. The highest BCUT2D eigenvalue weighted by Crippen LogP contribution is 2.38. The monoisotopic (exact) mass is 473 g/mol. The van der Waals surface area contributed by atoms with Gasteiger partial charge in [0.15, 0.2) is 0 Å². The summed E-state index contributed by atoms with van der Waals surface area (Å²) in [6, 6.07) is 10.9. The molecule has 4 rings (SSSR count). The Hall–Kier alpha value is -2.97. The van der Waals surface area contributed by atoms with Gasteiger partial charge in [0, 0.05) is 22.8 Å². The van der Waals surface area contributed by atoms with Crippen LogP contribution in [0.3, 0.4) is 0 Å². The van der Waals surface area contributed by atoms with Crippen LogP contribution in [-0.2, 0) is 9.53 Å². The third-order valence-electron chi connectivity index (χ3n) is 5.40. The molecule has 32 heavy (non-hydrogen) atoms. The Bertz CT molecular complexity index is 1100. The summed E-state index contributed by atoms with van der Waals surface area (Å²) in [5.74, 6) is -0.216. The van der Waals surface area contributed by atoms with Gasteiger partial charge in [0.1, 0.15) is 11.9 Å². The number of carbonyl (C=O) groups is 2. The molecule has 1 aliphatic rings. The molecule has 1 aliphatic carbocycles. The molecule has 2 N–H and O–H groups in total. The molecule has 1 fully saturated rings. The largest absolute Gasteiger partial charge is 0.465 e. The quantitative estimate of drug-likeness (QED) is 0.403. The van der Waals surface area contributed by atoms with Gasteiger partial charge < -0.3 is 15.4 Å². The van der Waals surface area contributed by atoms with Crippen molar-refractivity contribution in [2.24, 2.45) is 0 Å². The summed E-state index contributed by atoms with van der Waals surface area (Å²) < 4.78 is 18.9. The second-order valence-electron chi connectivity index (χ2n) is 7.55. The standard InChI is InChI=1S/C23H21ClFN3O3S/c24-16-5-10-20(19(25)11-16)28-23(30)27-17-6-1-14(2-7-17)21-12-26-22(32-21)15-3-8-18(9-4-15)31-13-29/h1-2,5-7,10-13,15,18H,3-4,8-9H2,(H2,27,28,30). The van der Waals surface area contributed by atoms with E-state index in [0.717, 1.165) is 47.2 Å². The molecule has 0 unspecified atom stereocenters. The maximum Gasteiger partial charge on any atom is 0.323 e. The van der Waals surface area contributed by atoms with Crippen LogP contribution in [0, 0.1) is 5.82 Å². The third kappa shape index (κ3) is 5.44. The Labute approximate surface area is 193 Å². The Morgan fingerprint density at radius 1 is 1.12 bits per heavy atom. The number of amides is 2. The van der Waals surface area contributed by atoms with Crippen molar-refractivity contribution >= 4 is 46.8 Å². The number of benzene rings is 2. The fraction of sp³-hybridized carbons (Fsp3) is 0.261. The lowest BCUT2D eigenvalue weighted by Gasteiger charge is -2.25. The number of carbonyl (C=O) groups excluding carboxylic acids is 2. The summed E-state index contributed by atoms with van der Waals surface area (Å²) in [6.07, 6.45) is 5.53. The fourth-order valence-electron chi connectivity index (χ4n) is 3.73.